The van der Waals surface area contributed by atoms with Crippen molar-refractivity contribution < 1.29 is 9.53 Å². The van der Waals surface area contributed by atoms with E-state index in [1.165, 1.54) is 17.4 Å². The summed E-state index contributed by atoms with van der Waals surface area (Å²) in [4.78, 5) is 12.0. The molecule has 0 aliphatic rings. The maximum absolute atomic E-state index is 12.0. The number of carbonyl (C=O) groups excluding carboxylic acids is 1. The second-order valence-electron chi connectivity index (χ2n) is 4.88. The van der Waals surface area contributed by atoms with Gasteiger partial charge in [0.2, 0.25) is 11.0 Å². The smallest absolute Gasteiger partial charge is 0.250 e. The molecule has 0 spiro atoms. The maximum atomic E-state index is 12.0. The molecule has 0 saturated heterocycles. The van der Waals surface area contributed by atoms with Gasteiger partial charge in [-0.15, -0.1) is 10.2 Å². The van der Waals surface area contributed by atoms with Gasteiger partial charge in [0.15, 0.2) is 0 Å². The van der Waals surface area contributed by atoms with Crippen LogP contribution in [0.3, 0.4) is 0 Å². The lowest BCUT2D eigenvalue weighted by Gasteiger charge is -2.00. The third kappa shape index (κ3) is 4.05. The predicted molar refractivity (Wildman–Crippen MR) is 96.0 cm³/mol. The number of amides is 1. The molecule has 3 aromatic rings. The van der Waals surface area contributed by atoms with Crippen molar-refractivity contribution in [1.29, 1.82) is 0 Å². The van der Waals surface area contributed by atoms with Crippen LogP contribution >= 0.6 is 11.3 Å². The molecule has 1 amide bonds. The van der Waals surface area contributed by atoms with E-state index < -0.39 is 0 Å². The van der Waals surface area contributed by atoms with Crippen molar-refractivity contribution in [3.8, 4) is 16.3 Å². The fourth-order valence-electron chi connectivity index (χ4n) is 2.03. The molecule has 5 nitrogen and oxygen atoms in total. The molecule has 1 heterocycles. The number of aromatic nitrogens is 2. The van der Waals surface area contributed by atoms with Crippen molar-refractivity contribution in [2.45, 2.75) is 0 Å². The number of nitrogens with zero attached hydrogens (tertiary/aromatic N) is 2. The second kappa shape index (κ2) is 7.52. The number of hydrogen-bond donors (Lipinski definition) is 1. The topological polar surface area (TPSA) is 64.1 Å². The average Bonchev–Trinajstić information content (AvgIpc) is 3.09. The van der Waals surface area contributed by atoms with Crippen LogP contribution in [0.25, 0.3) is 16.6 Å². The molecule has 0 radical (unpaired) electrons. The predicted octanol–water partition coefficient (Wildman–Crippen LogP) is 3.87. The number of benzene rings is 2. The van der Waals surface area contributed by atoms with Crippen LogP contribution in [0.2, 0.25) is 0 Å². The monoisotopic (exact) mass is 337 g/mol. The third-order valence-electron chi connectivity index (χ3n) is 3.20. The standard InChI is InChI=1S/C18H15N3O2S/c1-23-15-9-5-8-14(12-15)17-20-21-18(24-17)19-16(22)11-10-13-6-3-2-4-7-13/h2-12H,1H3,(H,19,21,22). The molecule has 24 heavy (non-hydrogen) atoms. The number of rotatable bonds is 5. The molecule has 120 valence electrons. The molecule has 6 heteroatoms. The first-order chi connectivity index (χ1) is 11.7. The van der Waals surface area contributed by atoms with Crippen LogP contribution in [-0.4, -0.2) is 23.2 Å². The van der Waals surface area contributed by atoms with Crippen LogP contribution < -0.4 is 10.1 Å². The highest BCUT2D eigenvalue weighted by molar-refractivity contribution is 7.18. The van der Waals surface area contributed by atoms with E-state index in [4.69, 9.17) is 4.74 Å². The molecule has 1 N–H and O–H groups in total. The van der Waals surface area contributed by atoms with E-state index in [1.54, 1.807) is 13.2 Å². The number of methoxy groups -OCH3 is 1. The summed E-state index contributed by atoms with van der Waals surface area (Å²) in [6, 6.07) is 17.2. The van der Waals surface area contributed by atoms with Gasteiger partial charge in [-0.2, -0.15) is 0 Å². The van der Waals surface area contributed by atoms with Crippen LogP contribution in [0.4, 0.5) is 5.13 Å². The summed E-state index contributed by atoms with van der Waals surface area (Å²) in [5, 5.41) is 12.0. The normalized spacial score (nSPS) is 10.7. The lowest BCUT2D eigenvalue weighted by atomic mass is 10.2. The Morgan fingerprint density at radius 3 is 2.75 bits per heavy atom. The van der Waals surface area contributed by atoms with Gasteiger partial charge in [0, 0.05) is 11.6 Å². The largest absolute Gasteiger partial charge is 0.497 e. The van der Waals surface area contributed by atoms with E-state index in [-0.39, 0.29) is 5.91 Å². The minimum absolute atomic E-state index is 0.243. The summed E-state index contributed by atoms with van der Waals surface area (Å²) in [5.74, 6) is 0.506. The van der Waals surface area contributed by atoms with Crippen molar-refractivity contribution in [3.63, 3.8) is 0 Å². The first kappa shape index (κ1) is 15.9. The van der Waals surface area contributed by atoms with Crippen molar-refractivity contribution in [1.82, 2.24) is 10.2 Å². The molecular weight excluding hydrogens is 322 g/mol. The number of hydrogen-bond acceptors (Lipinski definition) is 5. The molecule has 0 atom stereocenters. The van der Waals surface area contributed by atoms with E-state index >= 15 is 0 Å². The Labute approximate surface area is 143 Å². The SMILES string of the molecule is COc1cccc(-c2nnc(NC(=O)C=Cc3ccccc3)s2)c1. The number of carbonyl (C=O) groups is 1. The van der Waals surface area contributed by atoms with Gasteiger partial charge in [-0.1, -0.05) is 53.8 Å². The Hall–Kier alpha value is -2.99. The Balaban J connectivity index is 1.67. The molecule has 0 aliphatic heterocycles. The zero-order chi connectivity index (χ0) is 16.8. The Morgan fingerprint density at radius 1 is 1.12 bits per heavy atom. The first-order valence-electron chi connectivity index (χ1n) is 7.26. The van der Waals surface area contributed by atoms with E-state index in [0.29, 0.717) is 5.13 Å². The van der Waals surface area contributed by atoms with E-state index in [9.17, 15) is 4.79 Å². The number of ether oxygens (including phenoxy) is 1. The van der Waals surface area contributed by atoms with Gasteiger partial charge < -0.3 is 4.74 Å². The molecule has 0 unspecified atom stereocenters. The minimum Gasteiger partial charge on any atom is -0.497 e. The summed E-state index contributed by atoms with van der Waals surface area (Å²) < 4.78 is 5.20. The molecule has 0 aliphatic carbocycles. The summed E-state index contributed by atoms with van der Waals surface area (Å²) >= 11 is 1.31. The Kier molecular flexibility index (Phi) is 4.98. The van der Waals surface area contributed by atoms with Crippen molar-refractivity contribution in [2.75, 3.05) is 12.4 Å². The lowest BCUT2D eigenvalue weighted by Crippen LogP contribution is -2.07. The average molecular weight is 337 g/mol. The zero-order valence-corrected chi connectivity index (χ0v) is 13.8. The fourth-order valence-corrected chi connectivity index (χ4v) is 2.77. The Bertz CT molecular complexity index is 859. The third-order valence-corrected chi connectivity index (χ3v) is 4.09. The molecule has 0 bridgehead atoms. The van der Waals surface area contributed by atoms with Crippen LogP contribution in [0, 0.1) is 0 Å². The van der Waals surface area contributed by atoms with Crippen molar-refractivity contribution >= 4 is 28.5 Å². The summed E-state index contributed by atoms with van der Waals surface area (Å²) in [5.41, 5.74) is 1.86. The van der Waals surface area contributed by atoms with E-state index in [2.05, 4.69) is 15.5 Å². The van der Waals surface area contributed by atoms with Gasteiger partial charge in [0.25, 0.3) is 0 Å². The van der Waals surface area contributed by atoms with E-state index in [0.717, 1.165) is 21.9 Å². The highest BCUT2D eigenvalue weighted by atomic mass is 32.1. The molecule has 0 fully saturated rings. The molecular formula is C18H15N3O2S. The van der Waals surface area contributed by atoms with Crippen LogP contribution in [0.5, 0.6) is 5.75 Å². The Morgan fingerprint density at radius 2 is 1.96 bits per heavy atom. The molecule has 3 rings (SSSR count). The summed E-state index contributed by atoms with van der Waals surface area (Å²) in [7, 11) is 1.62. The summed E-state index contributed by atoms with van der Waals surface area (Å²) in [6.45, 7) is 0. The molecule has 1 aromatic heterocycles. The highest BCUT2D eigenvalue weighted by Gasteiger charge is 2.09. The van der Waals surface area contributed by atoms with Gasteiger partial charge in [-0.25, -0.2) is 0 Å². The second-order valence-corrected chi connectivity index (χ2v) is 5.86. The zero-order valence-electron chi connectivity index (χ0n) is 13.0. The van der Waals surface area contributed by atoms with Gasteiger partial charge in [0.1, 0.15) is 10.8 Å². The quantitative estimate of drug-likeness (QED) is 0.718. The molecule has 0 saturated carbocycles. The van der Waals surface area contributed by atoms with E-state index in [1.807, 2.05) is 54.6 Å². The first-order valence-corrected chi connectivity index (χ1v) is 8.08. The van der Waals surface area contributed by atoms with Crippen LogP contribution in [0.15, 0.2) is 60.7 Å². The minimum atomic E-state index is -0.243. The number of anilines is 1. The van der Waals surface area contributed by atoms with Crippen molar-refractivity contribution in [2.24, 2.45) is 0 Å². The number of nitrogens with one attached hydrogen (secondary N) is 1. The van der Waals surface area contributed by atoms with Gasteiger partial charge in [-0.05, 0) is 23.8 Å². The molecule has 2 aromatic carbocycles. The maximum Gasteiger partial charge on any atom is 0.250 e. The van der Waals surface area contributed by atoms with Gasteiger partial charge in [0.05, 0.1) is 7.11 Å². The van der Waals surface area contributed by atoms with Crippen molar-refractivity contribution in [3.05, 3.63) is 66.2 Å². The van der Waals surface area contributed by atoms with Crippen LogP contribution in [0.1, 0.15) is 5.56 Å². The summed E-state index contributed by atoms with van der Waals surface area (Å²) in [6.07, 6.45) is 3.22. The highest BCUT2D eigenvalue weighted by Crippen LogP contribution is 2.28. The van der Waals surface area contributed by atoms with Gasteiger partial charge in [-0.3, -0.25) is 10.1 Å². The van der Waals surface area contributed by atoms with Gasteiger partial charge >= 0.3 is 0 Å². The fraction of sp³-hybridized carbons (Fsp3) is 0.0556. The lowest BCUT2D eigenvalue weighted by molar-refractivity contribution is -0.111. The van der Waals surface area contributed by atoms with Crippen LogP contribution in [-0.2, 0) is 4.79 Å².